The van der Waals surface area contributed by atoms with E-state index in [4.69, 9.17) is 25.4 Å². The average molecular weight is 618 g/mol. The third-order valence-electron chi connectivity index (χ3n) is 5.16. The largest absolute Gasteiger partial charge is 0.493 e. The number of ether oxygens (including phenoxy) is 4. The van der Waals surface area contributed by atoms with Gasteiger partial charge in [-0.25, -0.2) is 4.79 Å². The number of carbonyl (C=O) groups excluding carboxylic acids is 3. The van der Waals surface area contributed by atoms with E-state index in [9.17, 15) is 14.4 Å². The Morgan fingerprint density at radius 1 is 1.05 bits per heavy atom. The van der Waals surface area contributed by atoms with Crippen LogP contribution in [-0.2, 0) is 16.1 Å². The molecule has 9 nitrogen and oxygen atoms in total. The maximum atomic E-state index is 13.3. The molecule has 194 valence electrons. The SMILES string of the molecule is C#CCOc1c(I)cc(/C=C2\C(=O)NC(=O)N(Cc3ccc(OCCC)c(OC)c3)C2=O)cc1OCC. The number of urea groups is 1. The molecule has 1 aliphatic rings. The fourth-order valence-corrected chi connectivity index (χ4v) is 4.30. The van der Waals surface area contributed by atoms with Crippen LogP contribution in [0.1, 0.15) is 31.4 Å². The molecule has 0 unspecified atom stereocenters. The second-order valence-electron chi connectivity index (χ2n) is 7.80. The first-order valence-electron chi connectivity index (χ1n) is 11.5. The van der Waals surface area contributed by atoms with Gasteiger partial charge in [0, 0.05) is 0 Å². The van der Waals surface area contributed by atoms with Crippen LogP contribution in [-0.4, -0.2) is 49.7 Å². The molecule has 0 radical (unpaired) electrons. The van der Waals surface area contributed by atoms with Crippen molar-refractivity contribution in [1.82, 2.24) is 10.2 Å². The van der Waals surface area contributed by atoms with Crippen LogP contribution in [0.3, 0.4) is 0 Å². The Balaban J connectivity index is 1.91. The van der Waals surface area contributed by atoms with Gasteiger partial charge in [-0.1, -0.05) is 18.9 Å². The Morgan fingerprint density at radius 2 is 1.84 bits per heavy atom. The monoisotopic (exact) mass is 618 g/mol. The summed E-state index contributed by atoms with van der Waals surface area (Å²) in [6, 6.07) is 7.71. The van der Waals surface area contributed by atoms with Gasteiger partial charge >= 0.3 is 6.03 Å². The average Bonchev–Trinajstić information content (AvgIpc) is 2.87. The molecule has 1 heterocycles. The number of methoxy groups -OCH3 is 1. The number of terminal acetylenes is 1. The van der Waals surface area contributed by atoms with Gasteiger partial charge in [0.05, 0.1) is 30.4 Å². The molecule has 2 aromatic rings. The zero-order chi connectivity index (χ0) is 26.9. The third-order valence-corrected chi connectivity index (χ3v) is 5.96. The number of carbonyl (C=O) groups is 3. The van der Waals surface area contributed by atoms with Gasteiger partial charge in [-0.2, -0.15) is 0 Å². The van der Waals surface area contributed by atoms with Crippen molar-refractivity contribution >= 4 is 46.5 Å². The second-order valence-corrected chi connectivity index (χ2v) is 8.96. The van der Waals surface area contributed by atoms with E-state index in [0.29, 0.717) is 50.9 Å². The minimum Gasteiger partial charge on any atom is -0.493 e. The number of hydrogen-bond acceptors (Lipinski definition) is 7. The minimum absolute atomic E-state index is 0.0605. The molecule has 0 atom stereocenters. The van der Waals surface area contributed by atoms with Gasteiger partial charge in [-0.05, 0) is 77.4 Å². The van der Waals surface area contributed by atoms with Crippen molar-refractivity contribution in [3.8, 4) is 35.3 Å². The van der Waals surface area contributed by atoms with Crippen LogP contribution in [0.5, 0.6) is 23.0 Å². The lowest BCUT2D eigenvalue weighted by Gasteiger charge is -2.26. The number of barbiturate groups is 1. The topological polar surface area (TPSA) is 103 Å². The number of hydrogen-bond donors (Lipinski definition) is 1. The Morgan fingerprint density at radius 3 is 2.51 bits per heavy atom. The lowest BCUT2D eigenvalue weighted by molar-refractivity contribution is -0.130. The molecule has 10 heteroatoms. The van der Waals surface area contributed by atoms with Crippen LogP contribution >= 0.6 is 22.6 Å². The van der Waals surface area contributed by atoms with Gasteiger partial charge in [0.2, 0.25) is 0 Å². The Bertz CT molecular complexity index is 1270. The van der Waals surface area contributed by atoms with Crippen LogP contribution < -0.4 is 24.3 Å². The fraction of sp³-hybridized carbons (Fsp3) is 0.296. The number of nitrogens with one attached hydrogen (secondary N) is 1. The molecule has 0 aliphatic carbocycles. The number of rotatable bonds is 11. The minimum atomic E-state index is -0.806. The summed E-state index contributed by atoms with van der Waals surface area (Å²) in [7, 11) is 1.51. The summed E-state index contributed by atoms with van der Waals surface area (Å²) < 4.78 is 23.0. The molecule has 0 bridgehead atoms. The lowest BCUT2D eigenvalue weighted by Crippen LogP contribution is -2.53. The van der Waals surface area contributed by atoms with E-state index in [1.807, 2.05) is 13.8 Å². The van der Waals surface area contributed by atoms with Crippen LogP contribution in [0.25, 0.3) is 6.08 Å². The molecule has 1 saturated heterocycles. The number of amides is 4. The van der Waals surface area contributed by atoms with Crippen LogP contribution in [0.15, 0.2) is 35.9 Å². The first kappa shape index (κ1) is 27.9. The first-order valence-corrected chi connectivity index (χ1v) is 12.6. The van der Waals surface area contributed by atoms with Crippen molar-refractivity contribution < 1.29 is 33.3 Å². The van der Waals surface area contributed by atoms with Crippen molar-refractivity contribution in [3.63, 3.8) is 0 Å². The smallest absolute Gasteiger partial charge is 0.331 e. The summed E-state index contributed by atoms with van der Waals surface area (Å²) in [6.07, 6.45) is 7.55. The lowest BCUT2D eigenvalue weighted by atomic mass is 10.1. The molecular formula is C27H27IN2O7. The summed E-state index contributed by atoms with van der Waals surface area (Å²) in [5, 5.41) is 2.23. The van der Waals surface area contributed by atoms with Gasteiger partial charge in [0.1, 0.15) is 12.2 Å². The molecule has 1 fully saturated rings. The quantitative estimate of drug-likeness (QED) is 0.175. The van der Waals surface area contributed by atoms with E-state index >= 15 is 0 Å². The Kier molecular flexibility index (Phi) is 9.79. The fourth-order valence-electron chi connectivity index (χ4n) is 3.52. The van der Waals surface area contributed by atoms with Crippen LogP contribution in [0, 0.1) is 15.9 Å². The highest BCUT2D eigenvalue weighted by Crippen LogP contribution is 2.35. The third kappa shape index (κ3) is 6.74. The van der Waals surface area contributed by atoms with Gasteiger partial charge in [-0.15, -0.1) is 6.42 Å². The maximum Gasteiger partial charge on any atom is 0.331 e. The normalized spacial score (nSPS) is 14.3. The molecule has 0 saturated carbocycles. The zero-order valence-corrected chi connectivity index (χ0v) is 22.9. The van der Waals surface area contributed by atoms with Crippen molar-refractivity contribution in [1.29, 1.82) is 0 Å². The maximum absolute atomic E-state index is 13.3. The molecule has 0 aromatic heterocycles. The van der Waals surface area contributed by atoms with Crippen LogP contribution in [0.2, 0.25) is 0 Å². The van der Waals surface area contributed by atoms with E-state index in [-0.39, 0.29) is 18.7 Å². The summed E-state index contributed by atoms with van der Waals surface area (Å²) in [4.78, 5) is 39.4. The van der Waals surface area contributed by atoms with Crippen molar-refractivity contribution in [2.45, 2.75) is 26.8 Å². The summed E-state index contributed by atoms with van der Waals surface area (Å²) in [5.74, 6) is 2.84. The van der Waals surface area contributed by atoms with E-state index in [2.05, 4.69) is 33.8 Å². The van der Waals surface area contributed by atoms with E-state index in [1.165, 1.54) is 13.2 Å². The first-order chi connectivity index (χ1) is 17.8. The second kappa shape index (κ2) is 13.0. The van der Waals surface area contributed by atoms with Crippen LogP contribution in [0.4, 0.5) is 4.79 Å². The molecular weight excluding hydrogens is 591 g/mol. The van der Waals surface area contributed by atoms with E-state index in [1.54, 1.807) is 30.3 Å². The highest BCUT2D eigenvalue weighted by atomic mass is 127. The number of imide groups is 2. The van der Waals surface area contributed by atoms with Gasteiger partial charge in [0.25, 0.3) is 11.8 Å². The predicted octanol–water partition coefficient (Wildman–Crippen LogP) is 4.16. The standard InChI is InChI=1S/C27H27IN2O7/c1-5-10-36-21-9-8-17(14-22(21)34-4)16-30-26(32)19(25(31)29-27(30)33)12-18-13-20(28)24(37-11-6-2)23(15-18)35-7-3/h2,8-9,12-15H,5,7,10-11,16H2,1,3-4H3,(H,29,31,33)/b19-12+. The summed E-state index contributed by atoms with van der Waals surface area (Å²) in [5.41, 5.74) is 0.957. The van der Waals surface area contributed by atoms with Crippen molar-refractivity contribution in [3.05, 3.63) is 50.6 Å². The molecule has 37 heavy (non-hydrogen) atoms. The highest BCUT2D eigenvalue weighted by Gasteiger charge is 2.36. The van der Waals surface area contributed by atoms with Crippen molar-refractivity contribution in [2.24, 2.45) is 0 Å². The van der Waals surface area contributed by atoms with Gasteiger partial charge in [-0.3, -0.25) is 19.8 Å². The molecule has 1 aliphatic heterocycles. The molecule has 2 aromatic carbocycles. The van der Waals surface area contributed by atoms with E-state index in [0.717, 1.165) is 11.3 Å². The number of halogens is 1. The summed E-state index contributed by atoms with van der Waals surface area (Å²) in [6.45, 7) is 4.71. The summed E-state index contributed by atoms with van der Waals surface area (Å²) >= 11 is 2.06. The molecule has 0 spiro atoms. The van der Waals surface area contributed by atoms with Gasteiger partial charge in [0.15, 0.2) is 23.0 Å². The molecule has 3 rings (SSSR count). The van der Waals surface area contributed by atoms with Gasteiger partial charge < -0.3 is 18.9 Å². The predicted molar refractivity (Wildman–Crippen MR) is 146 cm³/mol. The highest BCUT2D eigenvalue weighted by molar-refractivity contribution is 14.1. The zero-order valence-electron chi connectivity index (χ0n) is 20.8. The Hall–Kier alpha value is -3.72. The number of nitrogens with zero attached hydrogens (tertiary/aromatic N) is 1. The van der Waals surface area contributed by atoms with E-state index < -0.39 is 17.8 Å². The molecule has 1 N–H and O–H groups in total. The van der Waals surface area contributed by atoms with Crippen molar-refractivity contribution in [2.75, 3.05) is 26.9 Å². The number of benzene rings is 2. The Labute approximate surface area is 229 Å². The molecule has 4 amide bonds.